The van der Waals surface area contributed by atoms with Gasteiger partial charge in [-0.25, -0.2) is 9.18 Å². The molecule has 1 saturated carbocycles. The number of benzene rings is 1. The lowest BCUT2D eigenvalue weighted by molar-refractivity contribution is -0.117. The average molecular weight is 593 g/mol. The fourth-order valence-electron chi connectivity index (χ4n) is 4.88. The molecule has 9 nitrogen and oxygen atoms in total. The minimum atomic E-state index is -1.02. The molecule has 0 spiro atoms. The molecule has 1 aliphatic rings. The molecular weight excluding hydrogens is 559 g/mol. The van der Waals surface area contributed by atoms with Gasteiger partial charge in [0, 0.05) is 49.8 Å². The summed E-state index contributed by atoms with van der Waals surface area (Å²) in [5.74, 6) is -0.172. The Morgan fingerprint density at radius 3 is 2.55 bits per heavy atom. The van der Waals surface area contributed by atoms with Gasteiger partial charge in [-0.2, -0.15) is 0 Å². The Kier molecular flexibility index (Phi) is 8.42. The van der Waals surface area contributed by atoms with Crippen molar-refractivity contribution in [2.45, 2.75) is 39.7 Å². The number of nitrogens with zero attached hydrogens (tertiary/aromatic N) is 3. The van der Waals surface area contributed by atoms with Gasteiger partial charge in [0.25, 0.3) is 0 Å². The largest absolute Gasteiger partial charge is 0.465 e. The topological polar surface area (TPSA) is 114 Å². The number of rotatable bonds is 10. The number of thiophene rings is 1. The summed E-state index contributed by atoms with van der Waals surface area (Å²) in [6.45, 7) is 6.50. The number of halogens is 1. The number of hydrogen-bond acceptors (Lipinski definition) is 7. The summed E-state index contributed by atoms with van der Waals surface area (Å²) >= 11 is 1.42. The molecule has 4 aromatic rings. The molecule has 5 rings (SSSR count). The fraction of sp³-hybridized carbons (Fsp3) is 0.355. The lowest BCUT2D eigenvalue weighted by Gasteiger charge is -2.38. The lowest BCUT2D eigenvalue weighted by atomic mass is 9.81. The van der Waals surface area contributed by atoms with E-state index in [4.69, 9.17) is 9.47 Å². The minimum Gasteiger partial charge on any atom is -0.465 e. The van der Waals surface area contributed by atoms with E-state index in [0.717, 1.165) is 28.0 Å². The van der Waals surface area contributed by atoms with E-state index in [1.807, 2.05) is 39.0 Å². The van der Waals surface area contributed by atoms with Crippen molar-refractivity contribution in [2.24, 2.45) is 11.3 Å². The van der Waals surface area contributed by atoms with Crippen LogP contribution in [-0.4, -0.2) is 52.2 Å². The van der Waals surface area contributed by atoms with E-state index in [9.17, 15) is 19.1 Å². The van der Waals surface area contributed by atoms with Crippen molar-refractivity contribution < 1.29 is 28.6 Å². The smallest absolute Gasteiger partial charge is 0.407 e. The monoisotopic (exact) mass is 592 g/mol. The van der Waals surface area contributed by atoms with Gasteiger partial charge in [0.1, 0.15) is 5.75 Å². The van der Waals surface area contributed by atoms with Crippen LogP contribution in [0.4, 0.5) is 14.9 Å². The molecule has 1 fully saturated rings. The van der Waals surface area contributed by atoms with Gasteiger partial charge < -0.3 is 19.9 Å². The first-order chi connectivity index (χ1) is 20.0. The molecule has 2 amide bonds. The van der Waals surface area contributed by atoms with Crippen LogP contribution < -0.4 is 10.1 Å². The van der Waals surface area contributed by atoms with Gasteiger partial charge in [-0.3, -0.25) is 19.7 Å². The predicted octanol–water partition coefficient (Wildman–Crippen LogP) is 7.35. The van der Waals surface area contributed by atoms with Crippen LogP contribution in [0.3, 0.4) is 0 Å². The fourth-order valence-corrected chi connectivity index (χ4v) is 5.92. The molecule has 0 bridgehead atoms. The van der Waals surface area contributed by atoms with Crippen LogP contribution >= 0.6 is 11.3 Å². The zero-order valence-electron chi connectivity index (χ0n) is 23.9. The molecule has 3 heterocycles. The average Bonchev–Trinajstić information content (AvgIpc) is 3.70. The molecule has 1 aromatic carbocycles. The zero-order valence-corrected chi connectivity index (χ0v) is 24.7. The molecule has 1 aliphatic carbocycles. The van der Waals surface area contributed by atoms with Crippen molar-refractivity contribution in [2.75, 3.05) is 25.6 Å². The van der Waals surface area contributed by atoms with Crippen LogP contribution in [0.25, 0.3) is 20.8 Å². The number of ether oxygens (including phenoxy) is 2. The third kappa shape index (κ3) is 6.52. The van der Waals surface area contributed by atoms with Gasteiger partial charge >= 0.3 is 6.09 Å². The summed E-state index contributed by atoms with van der Waals surface area (Å²) in [5.41, 5.74) is 2.15. The van der Waals surface area contributed by atoms with Gasteiger partial charge in [0.15, 0.2) is 11.6 Å². The Morgan fingerprint density at radius 2 is 1.93 bits per heavy atom. The van der Waals surface area contributed by atoms with Gasteiger partial charge in [0.05, 0.1) is 33.4 Å². The molecule has 11 heteroatoms. The summed E-state index contributed by atoms with van der Waals surface area (Å²) in [4.78, 5) is 35.5. The molecule has 1 unspecified atom stereocenters. The number of amides is 2. The van der Waals surface area contributed by atoms with E-state index >= 15 is 0 Å². The molecule has 0 radical (unpaired) electrons. The molecule has 2 N–H and O–H groups in total. The summed E-state index contributed by atoms with van der Waals surface area (Å²) < 4.78 is 26.7. The van der Waals surface area contributed by atoms with E-state index in [-0.39, 0.29) is 36.1 Å². The Labute approximate surface area is 247 Å². The summed E-state index contributed by atoms with van der Waals surface area (Å²) in [5, 5.41) is 12.7. The molecule has 42 heavy (non-hydrogen) atoms. The summed E-state index contributed by atoms with van der Waals surface area (Å²) in [6, 6.07) is 11.3. The minimum absolute atomic E-state index is 0.0213. The quantitative estimate of drug-likeness (QED) is 0.198. The van der Waals surface area contributed by atoms with Gasteiger partial charge in [-0.05, 0) is 48.1 Å². The van der Waals surface area contributed by atoms with E-state index in [2.05, 4.69) is 15.3 Å². The number of carbonyl (C=O) groups is 2. The van der Waals surface area contributed by atoms with Crippen LogP contribution in [0, 0.1) is 17.2 Å². The second-order valence-corrected chi connectivity index (χ2v) is 12.4. The highest BCUT2D eigenvalue weighted by molar-refractivity contribution is 7.22. The standard InChI is InChI=1S/C31H33FN4O5S/c1-31(2,3)28(36(30(38)39)13-14-40-4)19-7-9-22(34-17-19)26-16-23-27(42-26)25(11-12-33-23)41-24-10-8-20(15-21(24)32)35-29(37)18-5-6-18/h7-12,15-18,28H,5-6,13-14H2,1-4H3,(H,35,37)(H,38,39). The third-order valence-electron chi connectivity index (χ3n) is 7.01. The SMILES string of the molecule is COCCN(C(=O)O)C(c1ccc(-c2cc3nccc(Oc4ccc(NC(=O)C5CC5)cc4F)c3s2)nc1)C(C)(C)C. The van der Waals surface area contributed by atoms with E-state index in [1.54, 1.807) is 31.6 Å². The molecule has 0 aliphatic heterocycles. The zero-order chi connectivity index (χ0) is 30.0. The lowest BCUT2D eigenvalue weighted by Crippen LogP contribution is -2.42. The van der Waals surface area contributed by atoms with Crippen LogP contribution in [-0.2, 0) is 9.53 Å². The van der Waals surface area contributed by atoms with Crippen molar-refractivity contribution >= 4 is 39.2 Å². The van der Waals surface area contributed by atoms with Crippen LogP contribution in [0.2, 0.25) is 0 Å². The first-order valence-corrected chi connectivity index (χ1v) is 14.5. The highest BCUT2D eigenvalue weighted by Gasteiger charge is 2.35. The number of carbonyl (C=O) groups excluding carboxylic acids is 1. The first-order valence-electron chi connectivity index (χ1n) is 13.7. The number of hydrogen-bond donors (Lipinski definition) is 2. The predicted molar refractivity (Wildman–Crippen MR) is 159 cm³/mol. The number of methoxy groups -OCH3 is 1. The van der Waals surface area contributed by atoms with E-state index in [0.29, 0.717) is 22.6 Å². The Morgan fingerprint density at radius 1 is 1.14 bits per heavy atom. The molecular formula is C31H33FN4O5S. The van der Waals surface area contributed by atoms with Gasteiger partial charge in [0.2, 0.25) is 5.91 Å². The number of carboxylic acid groups (broad SMARTS) is 1. The highest BCUT2D eigenvalue weighted by Crippen LogP contribution is 2.41. The number of pyridine rings is 2. The third-order valence-corrected chi connectivity index (χ3v) is 8.17. The van der Waals surface area contributed by atoms with Crippen LogP contribution in [0.5, 0.6) is 11.5 Å². The summed E-state index contributed by atoms with van der Waals surface area (Å²) in [6.07, 6.45) is 4.02. The van der Waals surface area contributed by atoms with Gasteiger partial charge in [-0.1, -0.05) is 26.8 Å². The first kappa shape index (κ1) is 29.4. The van der Waals surface area contributed by atoms with Crippen molar-refractivity contribution in [3.63, 3.8) is 0 Å². The Hall–Kier alpha value is -4.09. The Bertz CT molecular complexity index is 1600. The molecule has 0 saturated heterocycles. The van der Waals surface area contributed by atoms with Crippen molar-refractivity contribution in [3.05, 3.63) is 66.2 Å². The molecule has 1 atom stereocenters. The maximum absolute atomic E-state index is 14.9. The Balaban J connectivity index is 1.38. The van der Waals surface area contributed by atoms with Crippen LogP contribution in [0.15, 0.2) is 54.9 Å². The maximum atomic E-state index is 14.9. The van der Waals surface area contributed by atoms with Crippen LogP contribution in [0.1, 0.15) is 45.2 Å². The maximum Gasteiger partial charge on any atom is 0.407 e. The van der Waals surface area contributed by atoms with Gasteiger partial charge in [-0.15, -0.1) is 11.3 Å². The summed E-state index contributed by atoms with van der Waals surface area (Å²) in [7, 11) is 1.54. The van der Waals surface area contributed by atoms with E-state index in [1.165, 1.54) is 28.4 Å². The van der Waals surface area contributed by atoms with Crippen molar-refractivity contribution in [1.82, 2.24) is 14.9 Å². The number of fused-ring (bicyclic) bond motifs is 1. The second-order valence-electron chi connectivity index (χ2n) is 11.4. The highest BCUT2D eigenvalue weighted by atomic mass is 32.1. The molecule has 3 aromatic heterocycles. The van der Waals surface area contributed by atoms with Crippen molar-refractivity contribution in [3.8, 4) is 22.1 Å². The normalized spacial score (nSPS) is 14.0. The number of nitrogens with one attached hydrogen (secondary N) is 1. The number of aromatic nitrogens is 2. The van der Waals surface area contributed by atoms with E-state index < -0.39 is 18.0 Å². The number of anilines is 1. The van der Waals surface area contributed by atoms with Crippen molar-refractivity contribution in [1.29, 1.82) is 0 Å². The second kappa shape index (κ2) is 12.0. The molecule has 220 valence electrons.